The van der Waals surface area contributed by atoms with Gasteiger partial charge in [-0.05, 0) is 43.5 Å². The van der Waals surface area contributed by atoms with E-state index in [9.17, 15) is 9.59 Å². The van der Waals surface area contributed by atoms with Crippen LogP contribution >= 0.6 is 34.7 Å². The van der Waals surface area contributed by atoms with Gasteiger partial charge in [0.2, 0.25) is 5.91 Å². The molecule has 1 N–H and O–H groups in total. The number of amides is 1. The topological polar surface area (TPSA) is 81.2 Å². The molecule has 0 aliphatic heterocycles. The highest BCUT2D eigenvalue weighted by molar-refractivity contribution is 8.00. The zero-order valence-corrected chi connectivity index (χ0v) is 18.6. The zero-order chi connectivity index (χ0) is 21.0. The Morgan fingerprint density at radius 1 is 1.21 bits per heavy atom. The van der Waals surface area contributed by atoms with E-state index in [4.69, 9.17) is 16.3 Å². The van der Waals surface area contributed by atoms with E-state index in [1.807, 2.05) is 31.2 Å². The van der Waals surface area contributed by atoms with Crippen molar-refractivity contribution in [2.24, 2.45) is 0 Å². The van der Waals surface area contributed by atoms with Crippen molar-refractivity contribution in [2.45, 2.75) is 25.3 Å². The number of nitrogens with zero attached hydrogens (tertiary/aromatic N) is 2. The third-order valence-corrected chi connectivity index (χ3v) is 6.62. The van der Waals surface area contributed by atoms with Crippen LogP contribution in [0.3, 0.4) is 0 Å². The second-order valence-corrected chi connectivity index (χ2v) is 8.72. The van der Waals surface area contributed by atoms with Crippen molar-refractivity contribution in [1.29, 1.82) is 0 Å². The second kappa shape index (κ2) is 9.56. The molecule has 0 saturated heterocycles. The van der Waals surface area contributed by atoms with Gasteiger partial charge in [-0.1, -0.05) is 35.5 Å². The van der Waals surface area contributed by atoms with Crippen molar-refractivity contribution in [3.8, 4) is 0 Å². The molecule has 3 rings (SSSR count). The lowest BCUT2D eigenvalue weighted by Gasteiger charge is -2.07. The van der Waals surface area contributed by atoms with E-state index in [0.717, 1.165) is 27.8 Å². The van der Waals surface area contributed by atoms with Gasteiger partial charge in [-0.2, -0.15) is 0 Å². The summed E-state index contributed by atoms with van der Waals surface area (Å²) in [5, 5.41) is 5.12. The first-order valence-corrected chi connectivity index (χ1v) is 11.1. The van der Waals surface area contributed by atoms with E-state index < -0.39 is 0 Å². The second-order valence-electron chi connectivity index (χ2n) is 6.32. The van der Waals surface area contributed by atoms with Crippen molar-refractivity contribution in [3.05, 3.63) is 51.1 Å². The fraction of sp³-hybridized carbons (Fsp3) is 0.300. The first-order chi connectivity index (χ1) is 13.9. The number of fused-ring (bicyclic) bond motifs is 1. The van der Waals surface area contributed by atoms with Crippen LogP contribution < -0.4 is 5.32 Å². The van der Waals surface area contributed by atoms with E-state index in [1.165, 1.54) is 30.2 Å². The number of carbonyl (C=O) groups is 2. The van der Waals surface area contributed by atoms with Gasteiger partial charge in [0.1, 0.15) is 20.6 Å². The monoisotopic (exact) mass is 449 g/mol. The van der Waals surface area contributed by atoms with Gasteiger partial charge in [-0.15, -0.1) is 11.3 Å². The molecule has 0 saturated carbocycles. The van der Waals surface area contributed by atoms with Gasteiger partial charge in [0, 0.05) is 17.0 Å². The maximum absolute atomic E-state index is 12.3. The lowest BCUT2D eigenvalue weighted by Crippen LogP contribution is -2.27. The predicted molar refractivity (Wildman–Crippen MR) is 117 cm³/mol. The number of carbonyl (C=O) groups excluding carboxylic acids is 2. The van der Waals surface area contributed by atoms with Crippen LogP contribution in [0.1, 0.15) is 26.6 Å². The SMILES string of the molecule is COC(=O)c1sc2nc(C)nc(SCC(=O)NCCc3ccc(Cl)cc3)c2c1C. The van der Waals surface area contributed by atoms with E-state index in [2.05, 4.69) is 15.3 Å². The fourth-order valence-corrected chi connectivity index (χ4v) is 5.07. The van der Waals surface area contributed by atoms with E-state index in [-0.39, 0.29) is 17.6 Å². The average Bonchev–Trinajstić information content (AvgIpc) is 3.03. The molecule has 3 aromatic rings. The van der Waals surface area contributed by atoms with Gasteiger partial charge < -0.3 is 10.1 Å². The Hall–Kier alpha value is -2.16. The first kappa shape index (κ1) is 21.5. The highest BCUT2D eigenvalue weighted by atomic mass is 35.5. The van der Waals surface area contributed by atoms with Gasteiger partial charge in [0.15, 0.2) is 0 Å². The predicted octanol–water partition coefficient (Wildman–Crippen LogP) is 4.20. The molecular formula is C20H20ClN3O3S2. The molecule has 29 heavy (non-hydrogen) atoms. The smallest absolute Gasteiger partial charge is 0.348 e. The molecule has 0 radical (unpaired) electrons. The lowest BCUT2D eigenvalue weighted by molar-refractivity contribution is -0.118. The number of benzene rings is 1. The van der Waals surface area contributed by atoms with Crippen LogP contribution in [0.4, 0.5) is 0 Å². The number of hydrogen-bond acceptors (Lipinski definition) is 7. The molecule has 0 fully saturated rings. The Kier molecular flexibility index (Phi) is 7.10. The average molecular weight is 450 g/mol. The van der Waals surface area contributed by atoms with Crippen molar-refractivity contribution in [2.75, 3.05) is 19.4 Å². The van der Waals surface area contributed by atoms with Crippen LogP contribution in [0.2, 0.25) is 5.02 Å². The normalized spacial score (nSPS) is 10.9. The maximum atomic E-state index is 12.3. The van der Waals surface area contributed by atoms with Gasteiger partial charge in [0.25, 0.3) is 0 Å². The number of esters is 1. The van der Waals surface area contributed by atoms with Crippen LogP contribution in [0, 0.1) is 13.8 Å². The van der Waals surface area contributed by atoms with Gasteiger partial charge in [-0.25, -0.2) is 14.8 Å². The summed E-state index contributed by atoms with van der Waals surface area (Å²) >= 11 is 8.50. The molecule has 0 aliphatic rings. The molecule has 9 heteroatoms. The van der Waals surface area contributed by atoms with Gasteiger partial charge in [-0.3, -0.25) is 4.79 Å². The molecule has 1 aromatic carbocycles. The van der Waals surface area contributed by atoms with Gasteiger partial charge in [0.05, 0.1) is 12.9 Å². The molecule has 2 aromatic heterocycles. The Bertz CT molecular complexity index is 1050. The van der Waals surface area contributed by atoms with E-state index in [1.54, 1.807) is 6.92 Å². The standard InChI is InChI=1S/C20H20ClN3O3S2/c1-11-16-18(23-12(2)24-19(16)29-17(11)20(26)27-3)28-10-15(25)22-9-8-13-4-6-14(21)7-5-13/h4-7H,8-10H2,1-3H3,(H,22,25). The minimum Gasteiger partial charge on any atom is -0.465 e. The molecule has 0 unspecified atom stereocenters. The maximum Gasteiger partial charge on any atom is 0.348 e. The van der Waals surface area contributed by atoms with Gasteiger partial charge >= 0.3 is 5.97 Å². The Morgan fingerprint density at radius 3 is 2.62 bits per heavy atom. The summed E-state index contributed by atoms with van der Waals surface area (Å²) in [5.74, 6) is 0.365. The number of hydrogen-bond donors (Lipinski definition) is 1. The van der Waals surface area contributed by atoms with Crippen LogP contribution in [0.15, 0.2) is 29.3 Å². The van der Waals surface area contributed by atoms with Crippen LogP contribution in [-0.2, 0) is 16.0 Å². The van der Waals surface area contributed by atoms with Crippen LogP contribution in [0.5, 0.6) is 0 Å². The number of halogens is 1. The molecule has 152 valence electrons. The van der Waals surface area contributed by atoms with Crippen LogP contribution in [0.25, 0.3) is 10.2 Å². The number of thioether (sulfide) groups is 1. The van der Waals surface area contributed by atoms with E-state index >= 15 is 0 Å². The summed E-state index contributed by atoms with van der Waals surface area (Å²) in [6, 6.07) is 7.57. The highest BCUT2D eigenvalue weighted by Gasteiger charge is 2.21. The molecule has 1 amide bonds. The summed E-state index contributed by atoms with van der Waals surface area (Å²) in [6.07, 6.45) is 0.733. The van der Waals surface area contributed by atoms with Crippen molar-refractivity contribution in [3.63, 3.8) is 0 Å². The van der Waals surface area contributed by atoms with Crippen molar-refractivity contribution >= 4 is 56.8 Å². The minimum atomic E-state index is -0.390. The Morgan fingerprint density at radius 2 is 1.93 bits per heavy atom. The van der Waals surface area contributed by atoms with E-state index in [0.29, 0.717) is 27.3 Å². The summed E-state index contributed by atoms with van der Waals surface area (Å²) in [6.45, 7) is 4.19. The molecule has 0 bridgehead atoms. The number of aromatic nitrogens is 2. The third kappa shape index (κ3) is 5.26. The third-order valence-electron chi connectivity index (χ3n) is 4.23. The summed E-state index contributed by atoms with van der Waals surface area (Å²) < 4.78 is 4.85. The zero-order valence-electron chi connectivity index (χ0n) is 16.2. The lowest BCUT2D eigenvalue weighted by atomic mass is 10.1. The number of methoxy groups -OCH3 is 1. The molecule has 0 spiro atoms. The molecular weight excluding hydrogens is 430 g/mol. The largest absolute Gasteiger partial charge is 0.465 e. The Labute approximate surface area is 182 Å². The quantitative estimate of drug-likeness (QED) is 0.331. The number of ether oxygens (including phenoxy) is 1. The highest BCUT2D eigenvalue weighted by Crippen LogP contribution is 2.35. The summed E-state index contributed by atoms with van der Waals surface area (Å²) in [7, 11) is 1.35. The summed E-state index contributed by atoms with van der Waals surface area (Å²) in [4.78, 5) is 34.4. The first-order valence-electron chi connectivity index (χ1n) is 8.89. The van der Waals surface area contributed by atoms with Crippen molar-refractivity contribution < 1.29 is 14.3 Å². The molecule has 0 atom stereocenters. The number of rotatable bonds is 7. The number of nitrogens with one attached hydrogen (secondary N) is 1. The van der Waals surface area contributed by atoms with Crippen LogP contribution in [-0.4, -0.2) is 41.3 Å². The minimum absolute atomic E-state index is 0.0746. The number of thiophene rings is 1. The molecule has 0 aliphatic carbocycles. The molecule has 6 nitrogen and oxygen atoms in total. The van der Waals surface area contributed by atoms with Crippen molar-refractivity contribution in [1.82, 2.24) is 15.3 Å². The fourth-order valence-electron chi connectivity index (χ4n) is 2.78. The summed E-state index contributed by atoms with van der Waals surface area (Å²) in [5.41, 5.74) is 1.89. The Balaban J connectivity index is 1.65. The molecule has 2 heterocycles. The number of aryl methyl sites for hydroxylation is 2.